The summed E-state index contributed by atoms with van der Waals surface area (Å²) in [6, 6.07) is 0.761. The Kier molecular flexibility index (Phi) is 3.50. The first-order valence-electron chi connectivity index (χ1n) is 3.62. The first-order chi connectivity index (χ1) is 4.88. The van der Waals surface area contributed by atoms with E-state index in [0.717, 1.165) is 12.6 Å². The van der Waals surface area contributed by atoms with Gasteiger partial charge in [-0.1, -0.05) is 28.5 Å². The summed E-state index contributed by atoms with van der Waals surface area (Å²) < 4.78 is 1.22. The summed E-state index contributed by atoms with van der Waals surface area (Å²) >= 11 is 2.43. The van der Waals surface area contributed by atoms with Gasteiger partial charge in [-0.25, -0.2) is 0 Å². The number of rotatable bonds is 2. The van der Waals surface area contributed by atoms with Crippen LogP contribution in [0.5, 0.6) is 0 Å². The summed E-state index contributed by atoms with van der Waals surface area (Å²) in [6.07, 6.45) is 7.90. The van der Waals surface area contributed by atoms with Gasteiger partial charge in [-0.2, -0.15) is 0 Å². The number of terminal acetylenes is 1. The quantitative estimate of drug-likeness (QED) is 0.407. The molecule has 0 aliphatic carbocycles. The van der Waals surface area contributed by atoms with Crippen molar-refractivity contribution in [1.82, 2.24) is 4.90 Å². The molecule has 1 aliphatic rings. The number of likely N-dealkylation sites (tertiary alicyclic amines) is 1. The van der Waals surface area contributed by atoms with Crippen LogP contribution in [0.25, 0.3) is 0 Å². The highest BCUT2D eigenvalue weighted by Crippen LogP contribution is 2.17. The van der Waals surface area contributed by atoms with Gasteiger partial charge in [0.2, 0.25) is 0 Å². The lowest BCUT2D eigenvalue weighted by Crippen LogP contribution is -2.30. The highest BCUT2D eigenvalue weighted by molar-refractivity contribution is 14.1. The molecule has 0 aromatic rings. The van der Waals surface area contributed by atoms with Crippen molar-refractivity contribution < 1.29 is 0 Å². The summed E-state index contributed by atoms with van der Waals surface area (Å²) in [5, 5.41) is 0. The van der Waals surface area contributed by atoms with Crippen molar-refractivity contribution in [2.24, 2.45) is 0 Å². The SMILES string of the molecule is C#CCN1CCC[C@H]1CI. The van der Waals surface area contributed by atoms with Crippen LogP contribution in [0.3, 0.4) is 0 Å². The van der Waals surface area contributed by atoms with E-state index in [-0.39, 0.29) is 0 Å². The minimum absolute atomic E-state index is 0.761. The molecule has 0 bridgehead atoms. The second kappa shape index (κ2) is 4.20. The second-order valence-electron chi connectivity index (χ2n) is 2.62. The molecule has 1 aliphatic heterocycles. The van der Waals surface area contributed by atoms with Crippen molar-refractivity contribution in [2.45, 2.75) is 18.9 Å². The third-order valence-corrected chi connectivity index (χ3v) is 2.99. The predicted octanol–water partition coefficient (Wildman–Crippen LogP) is 1.52. The maximum atomic E-state index is 5.23. The predicted molar refractivity (Wildman–Crippen MR) is 52.3 cm³/mol. The molecule has 0 aromatic carbocycles. The Morgan fingerprint density at radius 2 is 2.50 bits per heavy atom. The van der Waals surface area contributed by atoms with Gasteiger partial charge >= 0.3 is 0 Å². The Bertz CT molecular complexity index is 139. The number of hydrogen-bond donors (Lipinski definition) is 0. The minimum atomic E-state index is 0.761. The van der Waals surface area contributed by atoms with E-state index in [2.05, 4.69) is 33.4 Å². The van der Waals surface area contributed by atoms with Gasteiger partial charge in [0.05, 0.1) is 6.54 Å². The highest BCUT2D eigenvalue weighted by Gasteiger charge is 2.21. The van der Waals surface area contributed by atoms with E-state index < -0.39 is 0 Å². The van der Waals surface area contributed by atoms with E-state index in [9.17, 15) is 0 Å². The zero-order valence-corrected chi connectivity index (χ0v) is 8.17. The van der Waals surface area contributed by atoms with Gasteiger partial charge in [-0.3, -0.25) is 4.90 Å². The Hall–Kier alpha value is 0.250. The molecule has 10 heavy (non-hydrogen) atoms. The zero-order chi connectivity index (χ0) is 7.40. The van der Waals surface area contributed by atoms with Crippen LogP contribution in [0.15, 0.2) is 0 Å². The maximum Gasteiger partial charge on any atom is 0.0601 e. The Labute approximate surface area is 76.3 Å². The molecular weight excluding hydrogens is 237 g/mol. The minimum Gasteiger partial charge on any atom is -0.289 e. The molecule has 1 rings (SSSR count). The summed E-state index contributed by atoms with van der Waals surface area (Å²) in [4.78, 5) is 2.40. The molecule has 0 saturated carbocycles. The molecule has 2 heteroatoms. The van der Waals surface area contributed by atoms with Gasteiger partial charge in [-0.05, 0) is 19.4 Å². The molecule has 0 radical (unpaired) electrons. The van der Waals surface area contributed by atoms with E-state index >= 15 is 0 Å². The van der Waals surface area contributed by atoms with Crippen LogP contribution in [-0.2, 0) is 0 Å². The third kappa shape index (κ3) is 1.86. The third-order valence-electron chi connectivity index (χ3n) is 1.97. The lowest BCUT2D eigenvalue weighted by Gasteiger charge is -2.19. The standard InChI is InChI=1S/C8H12IN/c1-2-5-10-6-3-4-8(10)7-9/h1,8H,3-7H2/t8-/m0/s1. The fourth-order valence-corrected chi connectivity index (χ4v) is 2.39. The summed E-state index contributed by atoms with van der Waals surface area (Å²) in [7, 11) is 0. The first-order valence-corrected chi connectivity index (χ1v) is 5.14. The molecule has 0 spiro atoms. The Morgan fingerprint density at radius 1 is 1.70 bits per heavy atom. The summed E-state index contributed by atoms with van der Waals surface area (Å²) in [5.41, 5.74) is 0. The van der Waals surface area contributed by atoms with Gasteiger partial charge in [-0.15, -0.1) is 6.42 Å². The van der Waals surface area contributed by atoms with Crippen LogP contribution in [0, 0.1) is 12.3 Å². The van der Waals surface area contributed by atoms with Crippen molar-refractivity contribution in [1.29, 1.82) is 0 Å². The molecule has 1 heterocycles. The fourth-order valence-electron chi connectivity index (χ4n) is 1.40. The van der Waals surface area contributed by atoms with Gasteiger partial charge in [0.15, 0.2) is 0 Å². The summed E-state index contributed by atoms with van der Waals surface area (Å²) in [5.74, 6) is 2.70. The molecule has 0 amide bonds. The number of alkyl halides is 1. The molecule has 1 atom stereocenters. The van der Waals surface area contributed by atoms with E-state index in [0.29, 0.717) is 0 Å². The van der Waals surface area contributed by atoms with Crippen molar-refractivity contribution in [2.75, 3.05) is 17.5 Å². The first kappa shape index (κ1) is 8.35. The van der Waals surface area contributed by atoms with E-state index in [4.69, 9.17) is 6.42 Å². The van der Waals surface area contributed by atoms with Crippen molar-refractivity contribution in [3.05, 3.63) is 0 Å². The number of nitrogens with zero attached hydrogens (tertiary/aromatic N) is 1. The smallest absolute Gasteiger partial charge is 0.0601 e. The van der Waals surface area contributed by atoms with Gasteiger partial charge in [0, 0.05) is 10.5 Å². The summed E-state index contributed by atoms with van der Waals surface area (Å²) in [6.45, 7) is 2.05. The van der Waals surface area contributed by atoms with Gasteiger partial charge in [0.25, 0.3) is 0 Å². The molecule has 1 saturated heterocycles. The van der Waals surface area contributed by atoms with Crippen LogP contribution < -0.4 is 0 Å². The number of halogens is 1. The van der Waals surface area contributed by atoms with Crippen LogP contribution >= 0.6 is 22.6 Å². The van der Waals surface area contributed by atoms with Gasteiger partial charge < -0.3 is 0 Å². The maximum absolute atomic E-state index is 5.23. The highest BCUT2D eigenvalue weighted by atomic mass is 127. The van der Waals surface area contributed by atoms with Crippen LogP contribution in [0.4, 0.5) is 0 Å². The average molecular weight is 249 g/mol. The lowest BCUT2D eigenvalue weighted by atomic mass is 10.2. The van der Waals surface area contributed by atoms with Gasteiger partial charge in [0.1, 0.15) is 0 Å². The Balaban J connectivity index is 2.36. The van der Waals surface area contributed by atoms with Crippen LogP contribution in [0.1, 0.15) is 12.8 Å². The molecule has 0 N–H and O–H groups in total. The van der Waals surface area contributed by atoms with E-state index in [1.165, 1.54) is 23.8 Å². The molecule has 0 aromatic heterocycles. The lowest BCUT2D eigenvalue weighted by molar-refractivity contribution is 0.309. The number of hydrogen-bond acceptors (Lipinski definition) is 1. The molecule has 56 valence electrons. The monoisotopic (exact) mass is 249 g/mol. The largest absolute Gasteiger partial charge is 0.289 e. The molecule has 0 unspecified atom stereocenters. The molecular formula is C8H12IN. The second-order valence-corrected chi connectivity index (χ2v) is 3.51. The average Bonchev–Trinajstić information content (AvgIpc) is 2.36. The molecule has 1 fully saturated rings. The Morgan fingerprint density at radius 3 is 3.10 bits per heavy atom. The normalized spacial score (nSPS) is 26.6. The van der Waals surface area contributed by atoms with Crippen molar-refractivity contribution >= 4 is 22.6 Å². The van der Waals surface area contributed by atoms with Crippen molar-refractivity contribution in [3.8, 4) is 12.3 Å². The molecule has 1 nitrogen and oxygen atoms in total. The van der Waals surface area contributed by atoms with E-state index in [1.807, 2.05) is 0 Å². The van der Waals surface area contributed by atoms with Crippen molar-refractivity contribution in [3.63, 3.8) is 0 Å². The van der Waals surface area contributed by atoms with Crippen LogP contribution in [-0.4, -0.2) is 28.5 Å². The topological polar surface area (TPSA) is 3.24 Å². The zero-order valence-electron chi connectivity index (χ0n) is 6.02. The van der Waals surface area contributed by atoms with E-state index in [1.54, 1.807) is 0 Å². The fraction of sp³-hybridized carbons (Fsp3) is 0.750. The van der Waals surface area contributed by atoms with Crippen LogP contribution in [0.2, 0.25) is 0 Å².